The quantitative estimate of drug-likeness (QED) is 0.803. The first-order valence-corrected chi connectivity index (χ1v) is 7.24. The summed E-state index contributed by atoms with van der Waals surface area (Å²) in [7, 11) is 4.01. The zero-order valence-corrected chi connectivity index (χ0v) is 13.1. The van der Waals surface area contributed by atoms with Gasteiger partial charge in [-0.15, -0.1) is 0 Å². The van der Waals surface area contributed by atoms with Gasteiger partial charge in [0.25, 0.3) is 0 Å². The molecule has 1 aromatic carbocycles. The topological polar surface area (TPSA) is 58.4 Å². The Hall–Kier alpha value is -1.55. The van der Waals surface area contributed by atoms with E-state index in [1.807, 2.05) is 46.1 Å². The van der Waals surface area contributed by atoms with Crippen molar-refractivity contribution in [1.29, 1.82) is 0 Å². The molecule has 0 heterocycles. The van der Waals surface area contributed by atoms with Crippen LogP contribution in [0, 0.1) is 5.41 Å². The van der Waals surface area contributed by atoms with Gasteiger partial charge in [-0.2, -0.15) is 0 Å². The number of nitrogens with one attached hydrogen (secondary N) is 1. The number of para-hydroxylation sites is 1. The zero-order chi connectivity index (χ0) is 15.2. The van der Waals surface area contributed by atoms with Gasteiger partial charge in [0.05, 0.1) is 5.41 Å². The van der Waals surface area contributed by atoms with Crippen molar-refractivity contribution in [3.05, 3.63) is 29.8 Å². The number of hydrogen-bond acceptors (Lipinski definition) is 3. The second-order valence-electron chi connectivity index (χ2n) is 5.40. The number of benzene rings is 1. The van der Waals surface area contributed by atoms with E-state index < -0.39 is 5.41 Å². The predicted octanol–water partition coefficient (Wildman–Crippen LogP) is 2.13. The fraction of sp³-hybridized carbons (Fsp3) is 0.562. The minimum absolute atomic E-state index is 0.0542. The molecule has 0 aliphatic heterocycles. The van der Waals surface area contributed by atoms with Crippen molar-refractivity contribution in [2.24, 2.45) is 11.1 Å². The number of nitrogens with zero attached hydrogens (tertiary/aromatic N) is 1. The molecule has 0 aliphatic rings. The van der Waals surface area contributed by atoms with Gasteiger partial charge in [0, 0.05) is 32.9 Å². The van der Waals surface area contributed by atoms with Gasteiger partial charge in [-0.25, -0.2) is 0 Å². The maximum atomic E-state index is 12.4. The van der Waals surface area contributed by atoms with Crippen LogP contribution in [-0.4, -0.2) is 26.5 Å². The summed E-state index contributed by atoms with van der Waals surface area (Å²) < 4.78 is 0. The smallest absolute Gasteiger partial charge is 0.227 e. The average Bonchev–Trinajstić information content (AvgIpc) is 2.47. The molecule has 0 bridgehead atoms. The molecule has 0 spiro atoms. The van der Waals surface area contributed by atoms with E-state index >= 15 is 0 Å². The van der Waals surface area contributed by atoms with E-state index in [2.05, 4.69) is 16.3 Å². The number of anilines is 1. The van der Waals surface area contributed by atoms with Crippen molar-refractivity contribution < 1.29 is 4.79 Å². The van der Waals surface area contributed by atoms with Gasteiger partial charge in [-0.1, -0.05) is 32.0 Å². The maximum Gasteiger partial charge on any atom is 0.227 e. The molecule has 1 rings (SSSR count). The van der Waals surface area contributed by atoms with Crippen LogP contribution in [0.1, 0.15) is 32.3 Å². The first-order chi connectivity index (χ1) is 9.50. The molecule has 4 heteroatoms. The monoisotopic (exact) mass is 277 g/mol. The van der Waals surface area contributed by atoms with Crippen LogP contribution >= 0.6 is 0 Å². The number of hydrogen-bond donors (Lipinski definition) is 2. The van der Waals surface area contributed by atoms with Gasteiger partial charge < -0.3 is 16.0 Å². The van der Waals surface area contributed by atoms with Gasteiger partial charge in [0.15, 0.2) is 0 Å². The van der Waals surface area contributed by atoms with Crippen LogP contribution in [0.15, 0.2) is 24.3 Å². The molecule has 0 saturated carbocycles. The fourth-order valence-electron chi connectivity index (χ4n) is 2.41. The van der Waals surface area contributed by atoms with Crippen LogP contribution in [0.2, 0.25) is 0 Å². The molecule has 112 valence electrons. The summed E-state index contributed by atoms with van der Waals surface area (Å²) in [5, 5.41) is 3.04. The molecule has 0 fully saturated rings. The van der Waals surface area contributed by atoms with Crippen LogP contribution in [0.3, 0.4) is 0 Å². The molecule has 0 radical (unpaired) electrons. The van der Waals surface area contributed by atoms with E-state index in [4.69, 9.17) is 5.73 Å². The second-order valence-corrected chi connectivity index (χ2v) is 5.40. The lowest BCUT2D eigenvalue weighted by Gasteiger charge is -2.29. The highest BCUT2D eigenvalue weighted by Crippen LogP contribution is 2.25. The second kappa shape index (κ2) is 7.29. The van der Waals surface area contributed by atoms with E-state index in [0.717, 1.165) is 24.1 Å². The van der Waals surface area contributed by atoms with E-state index in [0.29, 0.717) is 13.1 Å². The molecular weight excluding hydrogens is 250 g/mol. The van der Waals surface area contributed by atoms with Crippen LogP contribution < -0.4 is 16.0 Å². The lowest BCUT2D eigenvalue weighted by molar-refractivity contribution is -0.131. The summed E-state index contributed by atoms with van der Waals surface area (Å²) in [5.41, 5.74) is 7.61. The highest BCUT2D eigenvalue weighted by Gasteiger charge is 2.33. The summed E-state index contributed by atoms with van der Waals surface area (Å²) in [6.07, 6.45) is 1.53. The molecule has 1 aromatic rings. The average molecular weight is 277 g/mol. The van der Waals surface area contributed by atoms with Crippen molar-refractivity contribution in [3.63, 3.8) is 0 Å². The van der Waals surface area contributed by atoms with Gasteiger partial charge in [0.1, 0.15) is 0 Å². The maximum absolute atomic E-state index is 12.4. The Bertz CT molecular complexity index is 431. The Kier molecular flexibility index (Phi) is 6.02. The molecule has 0 unspecified atom stereocenters. The molecule has 0 saturated heterocycles. The van der Waals surface area contributed by atoms with Gasteiger partial charge in [-0.3, -0.25) is 4.79 Å². The molecule has 1 amide bonds. The van der Waals surface area contributed by atoms with Crippen molar-refractivity contribution in [1.82, 2.24) is 5.32 Å². The van der Waals surface area contributed by atoms with Gasteiger partial charge in [-0.05, 0) is 24.5 Å². The highest BCUT2D eigenvalue weighted by molar-refractivity contribution is 5.83. The number of carbonyl (C=O) groups excluding carboxylic acids is 1. The van der Waals surface area contributed by atoms with E-state index in [1.54, 1.807) is 0 Å². The van der Waals surface area contributed by atoms with E-state index in [1.165, 1.54) is 0 Å². The Morgan fingerprint density at radius 2 is 1.85 bits per heavy atom. The van der Waals surface area contributed by atoms with Crippen molar-refractivity contribution in [2.45, 2.75) is 33.2 Å². The first kappa shape index (κ1) is 16.5. The van der Waals surface area contributed by atoms with E-state index in [-0.39, 0.29) is 5.91 Å². The first-order valence-electron chi connectivity index (χ1n) is 7.24. The molecule has 4 nitrogen and oxygen atoms in total. The zero-order valence-electron chi connectivity index (χ0n) is 13.1. The summed E-state index contributed by atoms with van der Waals surface area (Å²) in [4.78, 5) is 14.5. The minimum atomic E-state index is -0.437. The van der Waals surface area contributed by atoms with Crippen LogP contribution in [0.25, 0.3) is 0 Å². The largest absolute Gasteiger partial charge is 0.377 e. The Morgan fingerprint density at radius 3 is 2.35 bits per heavy atom. The SMILES string of the molecule is CCC(CC)(CN)C(=O)NCc1ccccc1N(C)C. The van der Waals surface area contributed by atoms with Crippen LogP contribution in [0.5, 0.6) is 0 Å². The normalized spacial score (nSPS) is 11.2. The van der Waals surface area contributed by atoms with Gasteiger partial charge in [0.2, 0.25) is 5.91 Å². The van der Waals surface area contributed by atoms with Gasteiger partial charge >= 0.3 is 0 Å². The molecule has 0 aromatic heterocycles. The van der Waals surface area contributed by atoms with Crippen LogP contribution in [-0.2, 0) is 11.3 Å². The fourth-order valence-corrected chi connectivity index (χ4v) is 2.41. The van der Waals surface area contributed by atoms with E-state index in [9.17, 15) is 4.79 Å². The van der Waals surface area contributed by atoms with Crippen molar-refractivity contribution >= 4 is 11.6 Å². The minimum Gasteiger partial charge on any atom is -0.377 e. The third-order valence-corrected chi connectivity index (χ3v) is 4.14. The van der Waals surface area contributed by atoms with Crippen molar-refractivity contribution in [3.8, 4) is 0 Å². The van der Waals surface area contributed by atoms with Crippen molar-refractivity contribution in [2.75, 3.05) is 25.5 Å². The third kappa shape index (κ3) is 3.51. The third-order valence-electron chi connectivity index (χ3n) is 4.14. The number of amides is 1. The molecule has 3 N–H and O–H groups in total. The number of carbonyl (C=O) groups is 1. The lowest BCUT2D eigenvalue weighted by atomic mass is 9.81. The lowest BCUT2D eigenvalue weighted by Crippen LogP contribution is -2.45. The summed E-state index contributed by atoms with van der Waals surface area (Å²) in [6.45, 7) is 4.96. The summed E-state index contributed by atoms with van der Waals surface area (Å²) >= 11 is 0. The molecule has 0 atom stereocenters. The molecule has 20 heavy (non-hydrogen) atoms. The Morgan fingerprint density at radius 1 is 1.25 bits per heavy atom. The Balaban J connectivity index is 2.79. The number of rotatable bonds is 7. The summed E-state index contributed by atoms with van der Waals surface area (Å²) in [6, 6.07) is 8.09. The Labute approximate surface area is 122 Å². The summed E-state index contributed by atoms with van der Waals surface area (Å²) in [5.74, 6) is 0.0542. The predicted molar refractivity (Wildman–Crippen MR) is 84.7 cm³/mol. The molecular formula is C16H27N3O. The number of nitrogens with two attached hydrogens (primary N) is 1. The molecule has 0 aliphatic carbocycles. The highest BCUT2D eigenvalue weighted by atomic mass is 16.2. The standard InChI is InChI=1S/C16H27N3O/c1-5-16(6-2,12-17)15(20)18-11-13-9-7-8-10-14(13)19(3)4/h7-10H,5-6,11-12,17H2,1-4H3,(H,18,20). The van der Waals surface area contributed by atoms with Crippen LogP contribution in [0.4, 0.5) is 5.69 Å².